The Morgan fingerprint density at radius 1 is 0.820 bits per heavy atom. The molecule has 5 rings (SSSR count). The molecule has 1 aliphatic carbocycles. The zero-order chi connectivity index (χ0) is 45.1. The summed E-state index contributed by atoms with van der Waals surface area (Å²) in [6, 6.07) is 10.8. The van der Waals surface area contributed by atoms with E-state index in [-0.39, 0.29) is 36.1 Å². The van der Waals surface area contributed by atoms with Crippen LogP contribution in [0, 0.1) is 0 Å². The number of aliphatic hydroxyl groups excluding tert-OH is 5. The van der Waals surface area contributed by atoms with Crippen molar-refractivity contribution in [2.24, 2.45) is 0 Å². The molecule has 2 aliphatic heterocycles. The third-order valence-electron chi connectivity index (χ3n) is 11.6. The molecule has 61 heavy (non-hydrogen) atoms. The second-order valence-corrected chi connectivity index (χ2v) is 20.2. The van der Waals surface area contributed by atoms with E-state index in [1.165, 1.54) is 0 Å². The fourth-order valence-electron chi connectivity index (χ4n) is 7.93. The highest BCUT2D eigenvalue weighted by molar-refractivity contribution is 7.86. The van der Waals surface area contributed by atoms with Gasteiger partial charge in [-0.25, -0.2) is 0 Å². The Kier molecular flexibility index (Phi) is 15.1. The topological polar surface area (TPSA) is 274 Å². The molecule has 1 fully saturated rings. The summed E-state index contributed by atoms with van der Waals surface area (Å²) in [4.78, 5) is 28.5. The van der Waals surface area contributed by atoms with Crippen LogP contribution in [0.3, 0.4) is 0 Å². The van der Waals surface area contributed by atoms with Crippen LogP contribution in [0.25, 0.3) is 0 Å². The van der Waals surface area contributed by atoms with Gasteiger partial charge in [0.05, 0.1) is 29.6 Å². The van der Waals surface area contributed by atoms with E-state index in [4.69, 9.17) is 5.11 Å². The maximum absolute atomic E-state index is 13.3. The van der Waals surface area contributed by atoms with Gasteiger partial charge in [0, 0.05) is 71.2 Å². The number of unbranched alkanes of at least 4 members (excludes halogenated alkanes) is 2. The molecule has 1 saturated carbocycles. The Labute approximate surface area is 357 Å². The van der Waals surface area contributed by atoms with Crippen molar-refractivity contribution in [3.05, 3.63) is 82.6 Å². The van der Waals surface area contributed by atoms with Crippen molar-refractivity contribution < 1.29 is 65.6 Å². The normalized spacial score (nSPS) is 19.8. The lowest BCUT2D eigenvalue weighted by Gasteiger charge is -2.27. The van der Waals surface area contributed by atoms with E-state index in [9.17, 15) is 56.0 Å². The standard InChI is InChI=1S/C42H58N4O13S2/c1-41(2)29-22-26(39(52)43-24-33(48)37(50)38(51)34(49)25-47)12-16-31(29)45(18-5-7-20-60(54,55)56)35(41)10-9-11-36-42(3,4)30-23-27(40(53)44-28-14-15-28)13-17-32(30)46(36)19-6-8-21-61(57,58)59/h9-13,16-17,22-23,28,33-34,37-38,47-51H,5-8,14-15,18-21,24-25H2,1-4H3,(H3-,43,44,52,53,54,55,56,57,58,59)/p+1. The van der Waals surface area contributed by atoms with Crippen LogP contribution in [-0.4, -0.2) is 142 Å². The van der Waals surface area contributed by atoms with Crippen LogP contribution in [0.5, 0.6) is 0 Å². The van der Waals surface area contributed by atoms with Gasteiger partial charge in [-0.1, -0.05) is 19.9 Å². The van der Waals surface area contributed by atoms with Crippen LogP contribution in [0.1, 0.15) is 98.1 Å². The Hall–Kier alpha value is -4.05. The van der Waals surface area contributed by atoms with E-state index in [2.05, 4.69) is 15.5 Å². The first-order chi connectivity index (χ1) is 28.5. The van der Waals surface area contributed by atoms with Gasteiger partial charge in [0.15, 0.2) is 5.71 Å². The lowest BCUT2D eigenvalue weighted by Crippen LogP contribution is -2.49. The van der Waals surface area contributed by atoms with Gasteiger partial charge in [-0.15, -0.1) is 0 Å². The number of rotatable bonds is 21. The average Bonchev–Trinajstić information content (AvgIpc) is 3.95. The highest BCUT2D eigenvalue weighted by Crippen LogP contribution is 2.48. The summed E-state index contributed by atoms with van der Waals surface area (Å²) >= 11 is 0. The van der Waals surface area contributed by atoms with Crippen molar-refractivity contribution in [3.63, 3.8) is 0 Å². The molecule has 4 atom stereocenters. The third-order valence-corrected chi connectivity index (χ3v) is 13.2. The molecule has 2 aromatic carbocycles. The zero-order valence-electron chi connectivity index (χ0n) is 34.9. The minimum absolute atomic E-state index is 0.152. The van der Waals surface area contributed by atoms with Gasteiger partial charge >= 0.3 is 0 Å². The number of hydrogen-bond donors (Lipinski definition) is 9. The number of fused-ring (bicyclic) bond motifs is 2. The number of nitrogens with one attached hydrogen (secondary N) is 2. The van der Waals surface area contributed by atoms with Crippen LogP contribution in [0.4, 0.5) is 11.4 Å². The van der Waals surface area contributed by atoms with Gasteiger partial charge in [0.2, 0.25) is 5.69 Å². The van der Waals surface area contributed by atoms with Crippen LogP contribution in [0.2, 0.25) is 0 Å². The summed E-state index contributed by atoms with van der Waals surface area (Å²) < 4.78 is 66.7. The molecule has 9 N–H and O–H groups in total. The number of nitrogens with zero attached hydrogens (tertiary/aromatic N) is 2. The summed E-state index contributed by atoms with van der Waals surface area (Å²) in [5, 5.41) is 54.8. The van der Waals surface area contributed by atoms with Crippen molar-refractivity contribution in [2.45, 2.75) is 108 Å². The number of hydrogen-bond acceptors (Lipinski definition) is 12. The Morgan fingerprint density at radius 3 is 2.03 bits per heavy atom. The SMILES string of the molecule is CC1(C)C(/C=C/C=C2/N(CCCCS(=O)(=O)O)c3ccc(C(=O)NC4CC4)cc3C2(C)C)=[N+](CCCCS(=O)(=O)O)c2ccc(C(=O)NCC(O)C(O)C(O)C(O)CO)cc21. The van der Waals surface area contributed by atoms with Gasteiger partial charge in [0.1, 0.15) is 24.9 Å². The van der Waals surface area contributed by atoms with Gasteiger partial charge < -0.3 is 41.1 Å². The van der Waals surface area contributed by atoms with Crippen molar-refractivity contribution in [2.75, 3.05) is 42.6 Å². The second-order valence-electron chi connectivity index (χ2n) is 17.1. The largest absolute Gasteiger partial charge is 0.394 e. The van der Waals surface area contributed by atoms with E-state index in [0.717, 1.165) is 46.8 Å². The Balaban J connectivity index is 1.46. The summed E-state index contributed by atoms with van der Waals surface area (Å²) in [6.07, 6.45) is 1.86. The monoisotopic (exact) mass is 891 g/mol. The Morgan fingerprint density at radius 2 is 1.41 bits per heavy atom. The van der Waals surface area contributed by atoms with Gasteiger partial charge in [0.25, 0.3) is 32.1 Å². The Bertz CT molecular complexity index is 2290. The minimum Gasteiger partial charge on any atom is -0.394 e. The summed E-state index contributed by atoms with van der Waals surface area (Å²) in [5.74, 6) is -1.53. The molecule has 2 amide bonds. The average molecular weight is 892 g/mol. The third kappa shape index (κ3) is 11.7. The second kappa shape index (κ2) is 19.1. The summed E-state index contributed by atoms with van der Waals surface area (Å²) in [7, 11) is -8.32. The van der Waals surface area contributed by atoms with Crippen molar-refractivity contribution >= 4 is 49.1 Å². The van der Waals surface area contributed by atoms with Crippen molar-refractivity contribution in [1.82, 2.24) is 10.6 Å². The predicted octanol–water partition coefficient (Wildman–Crippen LogP) is 1.69. The van der Waals surface area contributed by atoms with Crippen LogP contribution in [0.15, 0.2) is 60.3 Å². The lowest BCUT2D eigenvalue weighted by atomic mass is 9.80. The predicted molar refractivity (Wildman–Crippen MR) is 229 cm³/mol. The summed E-state index contributed by atoms with van der Waals surface area (Å²) in [5.41, 5.74) is 4.42. The number of carbonyl (C=O) groups excluding carboxylic acids is 2. The quantitative estimate of drug-likeness (QED) is 0.0491. The molecule has 0 aromatic heterocycles. The molecule has 336 valence electrons. The molecule has 19 heteroatoms. The molecule has 4 unspecified atom stereocenters. The van der Waals surface area contributed by atoms with E-state index in [1.807, 2.05) is 62.6 Å². The molecule has 17 nitrogen and oxygen atoms in total. The molecule has 0 bridgehead atoms. The smallest absolute Gasteiger partial charge is 0.264 e. The first kappa shape index (κ1) is 48.0. The lowest BCUT2D eigenvalue weighted by molar-refractivity contribution is -0.438. The molecule has 2 heterocycles. The molecular weight excluding hydrogens is 833 g/mol. The maximum Gasteiger partial charge on any atom is 0.264 e. The molecule has 2 aromatic rings. The van der Waals surface area contributed by atoms with Crippen LogP contribution < -0.4 is 15.5 Å². The van der Waals surface area contributed by atoms with E-state index in [1.54, 1.807) is 24.3 Å². The van der Waals surface area contributed by atoms with Gasteiger partial charge in [-0.3, -0.25) is 18.7 Å². The highest BCUT2D eigenvalue weighted by Gasteiger charge is 2.45. The molecule has 0 spiro atoms. The fourth-order valence-corrected chi connectivity index (χ4v) is 9.07. The number of benzene rings is 2. The first-order valence-corrected chi connectivity index (χ1v) is 23.6. The van der Waals surface area contributed by atoms with Gasteiger partial charge in [-0.05, 0) is 87.9 Å². The van der Waals surface area contributed by atoms with Crippen molar-refractivity contribution in [1.29, 1.82) is 0 Å². The molecule has 3 aliphatic rings. The van der Waals surface area contributed by atoms with Crippen molar-refractivity contribution in [3.8, 4) is 0 Å². The summed E-state index contributed by atoms with van der Waals surface area (Å²) in [6.45, 7) is 7.50. The van der Waals surface area contributed by atoms with Crippen LogP contribution in [-0.2, 0) is 31.1 Å². The van der Waals surface area contributed by atoms with E-state index < -0.39 is 80.3 Å². The number of anilines is 1. The minimum atomic E-state index is -4.18. The molecule has 0 saturated heterocycles. The number of allylic oxidation sites excluding steroid dienone is 4. The molecule has 0 radical (unpaired) electrons. The zero-order valence-corrected chi connectivity index (χ0v) is 36.5. The number of amides is 2. The number of carbonyl (C=O) groups is 2. The number of aliphatic hydroxyl groups is 5. The molecular formula is C42H59N4O13S2+. The highest BCUT2D eigenvalue weighted by atomic mass is 32.2. The first-order valence-electron chi connectivity index (χ1n) is 20.4. The maximum atomic E-state index is 13.3. The van der Waals surface area contributed by atoms with Gasteiger partial charge in [-0.2, -0.15) is 21.4 Å². The van der Waals surface area contributed by atoms with E-state index in [0.29, 0.717) is 31.5 Å². The fraction of sp³-hybridized carbons (Fsp3) is 0.548. The van der Waals surface area contributed by atoms with Crippen LogP contribution >= 0.6 is 0 Å². The van der Waals surface area contributed by atoms with E-state index >= 15 is 0 Å².